The molecule has 1 saturated heterocycles. The highest BCUT2D eigenvalue weighted by molar-refractivity contribution is 6.33. The summed E-state index contributed by atoms with van der Waals surface area (Å²) < 4.78 is 14.7. The van der Waals surface area contributed by atoms with Gasteiger partial charge in [-0.15, -0.1) is 5.10 Å². The van der Waals surface area contributed by atoms with E-state index in [4.69, 9.17) is 11.6 Å². The van der Waals surface area contributed by atoms with Crippen LogP contribution in [0.4, 0.5) is 10.1 Å². The summed E-state index contributed by atoms with van der Waals surface area (Å²) in [7, 11) is 0. The van der Waals surface area contributed by atoms with E-state index >= 15 is 0 Å². The monoisotopic (exact) mass is 399 g/mol. The van der Waals surface area contributed by atoms with Crippen molar-refractivity contribution in [3.8, 4) is 5.69 Å². The Kier molecular flexibility index (Phi) is 5.00. The second-order valence-corrected chi connectivity index (χ2v) is 7.05. The number of carbonyl (C=O) groups excluding carboxylic acids is 1. The van der Waals surface area contributed by atoms with Gasteiger partial charge in [-0.25, -0.2) is 9.07 Å². The largest absolute Gasteiger partial charge is 0.367 e. The number of piperazine rings is 1. The number of aromatic nitrogens is 3. The molecule has 1 aliphatic rings. The Labute approximate surface area is 167 Å². The van der Waals surface area contributed by atoms with Crippen LogP contribution in [0.2, 0.25) is 5.02 Å². The second-order valence-electron chi connectivity index (χ2n) is 6.64. The lowest BCUT2D eigenvalue weighted by molar-refractivity contribution is 0.0740. The van der Waals surface area contributed by atoms with E-state index in [2.05, 4.69) is 15.2 Å². The molecule has 3 aromatic rings. The van der Waals surface area contributed by atoms with Gasteiger partial charge in [0.1, 0.15) is 5.82 Å². The summed E-state index contributed by atoms with van der Waals surface area (Å²) in [6, 6.07) is 13.6. The summed E-state index contributed by atoms with van der Waals surface area (Å²) in [6.07, 6.45) is 0. The van der Waals surface area contributed by atoms with Crippen molar-refractivity contribution in [2.24, 2.45) is 0 Å². The van der Waals surface area contributed by atoms with E-state index in [0.717, 1.165) is 5.69 Å². The predicted octanol–water partition coefficient (Wildman–Crippen LogP) is 3.33. The summed E-state index contributed by atoms with van der Waals surface area (Å²) in [5, 5.41) is 8.86. The Bertz CT molecular complexity index is 996. The van der Waals surface area contributed by atoms with Crippen molar-refractivity contribution in [3.63, 3.8) is 0 Å². The molecule has 2 aromatic carbocycles. The lowest BCUT2D eigenvalue weighted by Crippen LogP contribution is -2.49. The van der Waals surface area contributed by atoms with E-state index in [-0.39, 0.29) is 11.7 Å². The third kappa shape index (κ3) is 3.45. The number of para-hydroxylation sites is 1. The predicted molar refractivity (Wildman–Crippen MR) is 106 cm³/mol. The van der Waals surface area contributed by atoms with Gasteiger partial charge in [0, 0.05) is 26.2 Å². The maximum atomic E-state index is 13.1. The number of anilines is 1. The van der Waals surface area contributed by atoms with E-state index in [1.165, 1.54) is 12.1 Å². The van der Waals surface area contributed by atoms with E-state index < -0.39 is 0 Å². The van der Waals surface area contributed by atoms with Gasteiger partial charge in [0.05, 0.1) is 22.1 Å². The Morgan fingerprint density at radius 3 is 2.39 bits per heavy atom. The fourth-order valence-corrected chi connectivity index (χ4v) is 3.62. The summed E-state index contributed by atoms with van der Waals surface area (Å²) in [5.41, 5.74) is 2.59. The third-order valence-corrected chi connectivity index (χ3v) is 5.25. The van der Waals surface area contributed by atoms with E-state index in [9.17, 15) is 9.18 Å². The molecule has 4 rings (SSSR count). The number of rotatable bonds is 3. The maximum Gasteiger partial charge on any atom is 0.276 e. The van der Waals surface area contributed by atoms with Crippen LogP contribution in [-0.2, 0) is 0 Å². The van der Waals surface area contributed by atoms with Crippen molar-refractivity contribution in [1.82, 2.24) is 19.9 Å². The van der Waals surface area contributed by atoms with Crippen molar-refractivity contribution in [1.29, 1.82) is 0 Å². The molecule has 0 atom stereocenters. The maximum absolute atomic E-state index is 13.1. The van der Waals surface area contributed by atoms with Crippen molar-refractivity contribution in [2.75, 3.05) is 31.1 Å². The van der Waals surface area contributed by atoms with Gasteiger partial charge in [-0.05, 0) is 43.3 Å². The van der Waals surface area contributed by atoms with Crippen LogP contribution in [0, 0.1) is 12.7 Å². The van der Waals surface area contributed by atoms with Crippen molar-refractivity contribution < 1.29 is 9.18 Å². The molecule has 144 valence electrons. The van der Waals surface area contributed by atoms with Crippen LogP contribution >= 0.6 is 11.6 Å². The number of halogens is 2. The van der Waals surface area contributed by atoms with Crippen molar-refractivity contribution >= 4 is 23.2 Å². The Morgan fingerprint density at radius 1 is 1.04 bits per heavy atom. The minimum absolute atomic E-state index is 0.148. The zero-order valence-electron chi connectivity index (χ0n) is 15.3. The first-order valence-electron chi connectivity index (χ1n) is 9.01. The molecule has 8 heteroatoms. The molecule has 0 unspecified atom stereocenters. The van der Waals surface area contributed by atoms with Crippen LogP contribution in [0.5, 0.6) is 0 Å². The third-order valence-electron chi connectivity index (χ3n) is 4.93. The first-order valence-corrected chi connectivity index (χ1v) is 9.39. The van der Waals surface area contributed by atoms with Crippen LogP contribution < -0.4 is 4.90 Å². The molecule has 1 amide bonds. The minimum Gasteiger partial charge on any atom is -0.367 e. The minimum atomic E-state index is -0.325. The molecule has 1 fully saturated rings. The molecule has 0 N–H and O–H groups in total. The first-order chi connectivity index (χ1) is 13.5. The standard InChI is InChI=1S/C20H19ClFN5O/c1-14-19(23-24-27(14)16-8-6-15(22)7-9-16)20(28)26-12-10-25(11-13-26)18-5-3-2-4-17(18)21/h2-9H,10-13H2,1H3. The Balaban J connectivity index is 1.47. The van der Waals surface area contributed by atoms with Gasteiger partial charge in [-0.1, -0.05) is 28.9 Å². The fraction of sp³-hybridized carbons (Fsp3) is 0.250. The molecule has 0 aliphatic carbocycles. The molecule has 28 heavy (non-hydrogen) atoms. The molecule has 6 nitrogen and oxygen atoms in total. The molecular formula is C20H19ClFN5O. The van der Waals surface area contributed by atoms with Gasteiger partial charge in [0.25, 0.3) is 5.91 Å². The van der Waals surface area contributed by atoms with Crippen LogP contribution in [0.1, 0.15) is 16.2 Å². The lowest BCUT2D eigenvalue weighted by atomic mass is 10.2. The van der Waals surface area contributed by atoms with Crippen molar-refractivity contribution in [3.05, 3.63) is 70.8 Å². The quantitative estimate of drug-likeness (QED) is 0.678. The normalized spacial score (nSPS) is 14.4. The summed E-state index contributed by atoms with van der Waals surface area (Å²) in [6.45, 7) is 4.33. The Morgan fingerprint density at radius 2 is 1.71 bits per heavy atom. The zero-order chi connectivity index (χ0) is 19.7. The smallest absolute Gasteiger partial charge is 0.276 e. The number of nitrogens with zero attached hydrogens (tertiary/aromatic N) is 5. The van der Waals surface area contributed by atoms with Gasteiger partial charge >= 0.3 is 0 Å². The average molecular weight is 400 g/mol. The molecular weight excluding hydrogens is 381 g/mol. The summed E-state index contributed by atoms with van der Waals surface area (Å²) in [4.78, 5) is 16.9. The van der Waals surface area contributed by atoms with Gasteiger partial charge < -0.3 is 9.80 Å². The molecule has 1 aliphatic heterocycles. The van der Waals surface area contributed by atoms with Gasteiger partial charge in [-0.2, -0.15) is 0 Å². The summed E-state index contributed by atoms with van der Waals surface area (Å²) in [5.74, 6) is -0.473. The van der Waals surface area contributed by atoms with Crippen LogP contribution in [0.25, 0.3) is 5.69 Å². The molecule has 0 radical (unpaired) electrons. The highest BCUT2D eigenvalue weighted by Crippen LogP contribution is 2.26. The van der Waals surface area contributed by atoms with Crippen molar-refractivity contribution in [2.45, 2.75) is 6.92 Å². The van der Waals surface area contributed by atoms with Crippen LogP contribution in [-0.4, -0.2) is 52.0 Å². The molecule has 1 aromatic heterocycles. The van der Waals surface area contributed by atoms with Crippen LogP contribution in [0.15, 0.2) is 48.5 Å². The highest BCUT2D eigenvalue weighted by atomic mass is 35.5. The van der Waals surface area contributed by atoms with Crippen LogP contribution in [0.3, 0.4) is 0 Å². The van der Waals surface area contributed by atoms with E-state index in [1.54, 1.807) is 28.6 Å². The fourth-order valence-electron chi connectivity index (χ4n) is 3.36. The first kappa shape index (κ1) is 18.4. The van der Waals surface area contributed by atoms with E-state index in [0.29, 0.717) is 48.3 Å². The number of amides is 1. The molecule has 0 spiro atoms. The van der Waals surface area contributed by atoms with E-state index in [1.807, 2.05) is 24.3 Å². The highest BCUT2D eigenvalue weighted by Gasteiger charge is 2.27. The number of hydrogen-bond acceptors (Lipinski definition) is 4. The molecule has 0 saturated carbocycles. The average Bonchev–Trinajstić information content (AvgIpc) is 3.10. The zero-order valence-corrected chi connectivity index (χ0v) is 16.1. The number of benzene rings is 2. The van der Waals surface area contributed by atoms with Gasteiger partial charge in [0.2, 0.25) is 0 Å². The van der Waals surface area contributed by atoms with Gasteiger partial charge in [-0.3, -0.25) is 4.79 Å². The number of carbonyl (C=O) groups is 1. The second kappa shape index (κ2) is 7.59. The van der Waals surface area contributed by atoms with Gasteiger partial charge in [0.15, 0.2) is 5.69 Å². The molecule has 2 heterocycles. The molecule has 0 bridgehead atoms. The Hall–Kier alpha value is -2.93. The topological polar surface area (TPSA) is 54.3 Å². The summed E-state index contributed by atoms with van der Waals surface area (Å²) >= 11 is 6.28. The number of hydrogen-bond donors (Lipinski definition) is 0. The lowest BCUT2D eigenvalue weighted by Gasteiger charge is -2.36. The SMILES string of the molecule is Cc1c(C(=O)N2CCN(c3ccccc3Cl)CC2)nnn1-c1ccc(F)cc1.